The lowest BCUT2D eigenvalue weighted by Crippen LogP contribution is -2.53. The number of benzene rings is 3. The molecule has 1 atom stereocenters. The van der Waals surface area contributed by atoms with Crippen molar-refractivity contribution in [2.24, 2.45) is 0 Å². The van der Waals surface area contributed by atoms with Crippen molar-refractivity contribution in [1.82, 2.24) is 0 Å². The van der Waals surface area contributed by atoms with E-state index in [2.05, 4.69) is 31.3 Å². The quantitative estimate of drug-likeness (QED) is 0.599. The summed E-state index contributed by atoms with van der Waals surface area (Å²) in [6.07, 6.45) is 4.13. The first-order chi connectivity index (χ1) is 14.4. The Morgan fingerprint density at radius 3 is 2.53 bits per heavy atom. The van der Waals surface area contributed by atoms with E-state index < -0.39 is 11.1 Å². The van der Waals surface area contributed by atoms with E-state index in [0.29, 0.717) is 11.1 Å². The lowest BCUT2D eigenvalue weighted by atomic mass is 9.76. The lowest BCUT2D eigenvalue weighted by molar-refractivity contribution is 0.0822. The molecule has 1 spiro atoms. The van der Waals surface area contributed by atoms with Crippen LogP contribution < -0.4 is 14.8 Å². The predicted molar refractivity (Wildman–Crippen MR) is 118 cm³/mol. The molecule has 3 aromatic rings. The number of nitrogens with one attached hydrogen (secondary N) is 1. The van der Waals surface area contributed by atoms with Crippen LogP contribution in [-0.2, 0) is 5.41 Å². The molecule has 3 aromatic carbocycles. The molecule has 2 heterocycles. The molecule has 4 heteroatoms. The summed E-state index contributed by atoms with van der Waals surface area (Å²) in [7, 11) is 1.66. The fraction of sp³-hybridized carbons (Fsp3) is 0.192. The van der Waals surface area contributed by atoms with Gasteiger partial charge in [-0.25, -0.2) is 0 Å². The van der Waals surface area contributed by atoms with Crippen LogP contribution in [-0.4, -0.2) is 18.6 Å². The highest BCUT2D eigenvalue weighted by Crippen LogP contribution is 2.51. The van der Waals surface area contributed by atoms with Crippen molar-refractivity contribution in [1.29, 1.82) is 0 Å². The summed E-state index contributed by atoms with van der Waals surface area (Å²) in [4.78, 5) is 13.0. The van der Waals surface area contributed by atoms with Crippen molar-refractivity contribution in [3.8, 4) is 11.5 Å². The van der Waals surface area contributed by atoms with Gasteiger partial charge in [-0.05, 0) is 68.0 Å². The summed E-state index contributed by atoms with van der Waals surface area (Å²) in [5.41, 5.74) is 3.25. The Bertz CT molecular complexity index is 1180. The molecule has 0 saturated heterocycles. The van der Waals surface area contributed by atoms with E-state index >= 15 is 0 Å². The molecule has 1 unspecified atom stereocenters. The zero-order valence-electron chi connectivity index (χ0n) is 17.2. The van der Waals surface area contributed by atoms with Crippen molar-refractivity contribution in [3.05, 3.63) is 95.1 Å². The molecule has 5 rings (SSSR count). The first kappa shape index (κ1) is 18.5. The Kier molecular flexibility index (Phi) is 4.00. The smallest absolute Gasteiger partial charge is 0.209 e. The van der Waals surface area contributed by atoms with Crippen LogP contribution in [0.3, 0.4) is 0 Å². The minimum Gasteiger partial charge on any atom is -0.497 e. The van der Waals surface area contributed by atoms with E-state index in [0.717, 1.165) is 28.3 Å². The first-order valence-corrected chi connectivity index (χ1v) is 10.0. The number of ether oxygens (including phenoxy) is 2. The first-order valence-electron chi connectivity index (χ1n) is 10.0. The number of hydrogen-bond donors (Lipinski definition) is 1. The second-order valence-corrected chi connectivity index (χ2v) is 8.28. The fourth-order valence-corrected chi connectivity index (χ4v) is 4.32. The average molecular weight is 397 g/mol. The van der Waals surface area contributed by atoms with Crippen LogP contribution in [0.1, 0.15) is 40.9 Å². The van der Waals surface area contributed by atoms with Crippen LogP contribution in [0.4, 0.5) is 5.69 Å². The molecule has 0 saturated carbocycles. The van der Waals surface area contributed by atoms with Gasteiger partial charge in [-0.15, -0.1) is 0 Å². The molecule has 2 aliphatic rings. The Hall–Kier alpha value is -3.53. The highest BCUT2D eigenvalue weighted by atomic mass is 16.5. The monoisotopic (exact) mass is 397 g/mol. The summed E-state index contributed by atoms with van der Waals surface area (Å²) in [5.74, 6) is 1.61. The van der Waals surface area contributed by atoms with Gasteiger partial charge in [-0.2, -0.15) is 0 Å². The molecular formula is C26H23NO3. The summed E-state index contributed by atoms with van der Waals surface area (Å²) in [6, 6.07) is 21.0. The number of methoxy groups -OCH3 is 1. The van der Waals surface area contributed by atoms with Crippen molar-refractivity contribution in [3.63, 3.8) is 0 Å². The molecule has 1 N–H and O–H groups in total. The van der Waals surface area contributed by atoms with E-state index in [1.807, 2.05) is 66.7 Å². The van der Waals surface area contributed by atoms with Crippen LogP contribution in [0.25, 0.3) is 6.08 Å². The molecule has 2 aliphatic heterocycles. The maximum Gasteiger partial charge on any atom is 0.209 e. The molecule has 30 heavy (non-hydrogen) atoms. The fourth-order valence-electron chi connectivity index (χ4n) is 4.32. The second-order valence-electron chi connectivity index (χ2n) is 8.28. The van der Waals surface area contributed by atoms with Gasteiger partial charge in [-0.3, -0.25) is 4.79 Å². The zero-order chi connectivity index (χ0) is 20.9. The third-order valence-electron chi connectivity index (χ3n) is 6.23. The van der Waals surface area contributed by atoms with E-state index in [1.165, 1.54) is 0 Å². The summed E-state index contributed by atoms with van der Waals surface area (Å²) < 4.78 is 11.8. The maximum absolute atomic E-state index is 13.0. The Morgan fingerprint density at radius 2 is 1.77 bits per heavy atom. The van der Waals surface area contributed by atoms with Gasteiger partial charge in [0, 0.05) is 22.4 Å². The molecule has 0 fully saturated rings. The molecule has 150 valence electrons. The zero-order valence-corrected chi connectivity index (χ0v) is 17.2. The summed E-state index contributed by atoms with van der Waals surface area (Å²) in [6.45, 7) is 4.28. The normalized spacial score (nSPS) is 20.1. The van der Waals surface area contributed by atoms with Gasteiger partial charge in [0.2, 0.25) is 5.72 Å². The minimum absolute atomic E-state index is 0.0210. The van der Waals surface area contributed by atoms with Gasteiger partial charge in [0.1, 0.15) is 11.5 Å². The van der Waals surface area contributed by atoms with Crippen molar-refractivity contribution >= 4 is 17.5 Å². The van der Waals surface area contributed by atoms with Crippen molar-refractivity contribution in [2.75, 3.05) is 12.4 Å². The van der Waals surface area contributed by atoms with E-state index in [-0.39, 0.29) is 5.78 Å². The van der Waals surface area contributed by atoms with Gasteiger partial charge < -0.3 is 14.8 Å². The van der Waals surface area contributed by atoms with Crippen LogP contribution >= 0.6 is 0 Å². The number of rotatable bonds is 3. The lowest BCUT2D eigenvalue weighted by Gasteiger charge is -2.41. The van der Waals surface area contributed by atoms with Gasteiger partial charge in [0.05, 0.1) is 12.5 Å². The van der Waals surface area contributed by atoms with Gasteiger partial charge in [-0.1, -0.05) is 30.3 Å². The van der Waals surface area contributed by atoms with Gasteiger partial charge in [0.15, 0.2) is 5.78 Å². The van der Waals surface area contributed by atoms with Gasteiger partial charge in [0.25, 0.3) is 0 Å². The number of hydrogen-bond acceptors (Lipinski definition) is 4. The molecular weight excluding hydrogens is 374 g/mol. The molecule has 4 nitrogen and oxygen atoms in total. The second kappa shape index (κ2) is 6.49. The topological polar surface area (TPSA) is 47.6 Å². The third-order valence-corrected chi connectivity index (χ3v) is 6.23. The Labute approximate surface area is 176 Å². The highest BCUT2D eigenvalue weighted by Gasteiger charge is 2.54. The van der Waals surface area contributed by atoms with Crippen LogP contribution in [0.15, 0.2) is 72.8 Å². The number of anilines is 1. The van der Waals surface area contributed by atoms with Crippen molar-refractivity contribution < 1.29 is 14.3 Å². The molecule has 0 radical (unpaired) electrons. The molecule has 0 amide bonds. The van der Waals surface area contributed by atoms with Gasteiger partial charge >= 0.3 is 0 Å². The van der Waals surface area contributed by atoms with E-state index in [1.54, 1.807) is 7.11 Å². The van der Waals surface area contributed by atoms with Crippen LogP contribution in [0.2, 0.25) is 0 Å². The van der Waals surface area contributed by atoms with E-state index in [4.69, 9.17) is 9.47 Å². The summed E-state index contributed by atoms with van der Waals surface area (Å²) in [5, 5.41) is 3.56. The molecule has 0 aliphatic carbocycles. The highest BCUT2D eigenvalue weighted by molar-refractivity contribution is 6.09. The standard InChI is InChI=1S/C26H23NO3/c1-25(2)21-16-19(24(28)17-7-5-4-6-8-17)9-11-22(21)27-26(25)14-13-18-15-20(29-3)10-12-23(18)30-26/h4-16,27H,1-3H3. The van der Waals surface area contributed by atoms with Crippen molar-refractivity contribution in [2.45, 2.75) is 25.0 Å². The Morgan fingerprint density at radius 1 is 0.967 bits per heavy atom. The number of fused-ring (bicyclic) bond motifs is 2. The van der Waals surface area contributed by atoms with Crippen LogP contribution in [0.5, 0.6) is 11.5 Å². The number of carbonyl (C=O) groups excluding carboxylic acids is 1. The number of ketones is 1. The maximum atomic E-state index is 13.0. The third kappa shape index (κ3) is 2.64. The largest absolute Gasteiger partial charge is 0.497 e. The number of carbonyl (C=O) groups is 1. The predicted octanol–water partition coefficient (Wildman–Crippen LogP) is 5.43. The summed E-state index contributed by atoms with van der Waals surface area (Å²) >= 11 is 0. The SMILES string of the molecule is COc1ccc2c(c1)C=CC1(Nc3ccc(C(=O)c4ccccc4)cc3C1(C)C)O2. The molecule has 0 bridgehead atoms. The average Bonchev–Trinajstić information content (AvgIpc) is 2.99. The Balaban J connectivity index is 1.53. The van der Waals surface area contributed by atoms with Crippen LogP contribution in [0, 0.1) is 0 Å². The minimum atomic E-state index is -0.731. The van der Waals surface area contributed by atoms with E-state index in [9.17, 15) is 4.79 Å². The molecule has 0 aromatic heterocycles.